The van der Waals surface area contributed by atoms with Crippen LogP contribution in [0.2, 0.25) is 0 Å². The Kier molecular flexibility index (Phi) is 5.50. The van der Waals surface area contributed by atoms with Gasteiger partial charge in [0, 0.05) is 29.2 Å². The van der Waals surface area contributed by atoms with Crippen LogP contribution in [0.1, 0.15) is 16.7 Å². The molecule has 4 aromatic rings. The first kappa shape index (κ1) is 21.3. The standard InChI is InChI=1S/C27H18N4O2S/c28-15-18-8-4-5-9-19(18)16-30-17-20(22-12-6-7-13-24(22)30)14-23-25(32)29-27(34)31(26(23)33)21-10-2-1-3-11-21/h1-14,17H,16H2,(H,29,32,34)/b23-14+. The lowest BCUT2D eigenvalue weighted by Crippen LogP contribution is -2.54. The van der Waals surface area contributed by atoms with Gasteiger partial charge in [0.25, 0.3) is 11.8 Å². The van der Waals surface area contributed by atoms with Gasteiger partial charge in [-0.25, -0.2) is 0 Å². The number of nitriles is 1. The van der Waals surface area contributed by atoms with Crippen LogP contribution in [0.25, 0.3) is 17.0 Å². The molecule has 0 unspecified atom stereocenters. The number of nitrogens with zero attached hydrogens (tertiary/aromatic N) is 3. The zero-order valence-electron chi connectivity index (χ0n) is 17.9. The van der Waals surface area contributed by atoms with Crippen LogP contribution >= 0.6 is 12.2 Å². The molecular weight excluding hydrogens is 444 g/mol. The molecule has 2 amide bonds. The third-order valence-electron chi connectivity index (χ3n) is 5.71. The van der Waals surface area contributed by atoms with Gasteiger partial charge >= 0.3 is 0 Å². The van der Waals surface area contributed by atoms with Crippen LogP contribution in [-0.2, 0) is 16.1 Å². The number of amides is 2. The fourth-order valence-electron chi connectivity index (χ4n) is 4.10. The second-order valence-electron chi connectivity index (χ2n) is 7.79. The van der Waals surface area contributed by atoms with Crippen molar-refractivity contribution in [3.8, 4) is 6.07 Å². The molecule has 7 heteroatoms. The molecule has 34 heavy (non-hydrogen) atoms. The Bertz CT molecular complexity index is 1530. The van der Waals surface area contributed by atoms with Crippen LogP contribution in [-0.4, -0.2) is 21.5 Å². The number of fused-ring (bicyclic) bond motifs is 1. The number of carbonyl (C=O) groups is 2. The topological polar surface area (TPSA) is 78.1 Å². The number of para-hydroxylation sites is 2. The van der Waals surface area contributed by atoms with Crippen LogP contribution in [0.3, 0.4) is 0 Å². The van der Waals surface area contributed by atoms with Gasteiger partial charge < -0.3 is 4.57 Å². The molecule has 1 fully saturated rings. The maximum Gasteiger partial charge on any atom is 0.270 e. The van der Waals surface area contributed by atoms with E-state index >= 15 is 0 Å². The zero-order chi connectivity index (χ0) is 23.7. The summed E-state index contributed by atoms with van der Waals surface area (Å²) in [6.45, 7) is 0.480. The predicted octanol–water partition coefficient (Wildman–Crippen LogP) is 4.39. The van der Waals surface area contributed by atoms with Gasteiger partial charge in [-0.15, -0.1) is 0 Å². The molecule has 0 aliphatic carbocycles. The average molecular weight is 463 g/mol. The Labute approximate surface area is 201 Å². The quantitative estimate of drug-likeness (QED) is 0.277. The number of aromatic nitrogens is 1. The van der Waals surface area contributed by atoms with Gasteiger partial charge in [0.2, 0.25) is 0 Å². The molecule has 3 aromatic carbocycles. The largest absolute Gasteiger partial charge is 0.342 e. The average Bonchev–Trinajstić information content (AvgIpc) is 3.20. The van der Waals surface area contributed by atoms with E-state index in [0.717, 1.165) is 22.0 Å². The third-order valence-corrected chi connectivity index (χ3v) is 6.00. The molecule has 0 saturated carbocycles. The Morgan fingerprint density at radius 1 is 0.941 bits per heavy atom. The van der Waals surface area contributed by atoms with Crippen LogP contribution in [0.15, 0.2) is 90.6 Å². The van der Waals surface area contributed by atoms with Crippen LogP contribution in [0, 0.1) is 11.3 Å². The number of thiocarbonyl (C=S) groups is 1. The molecule has 1 N–H and O–H groups in total. The molecular formula is C27H18N4O2S. The molecule has 0 spiro atoms. The first-order valence-electron chi connectivity index (χ1n) is 10.6. The van der Waals surface area contributed by atoms with Crippen LogP contribution in [0.4, 0.5) is 5.69 Å². The molecule has 2 heterocycles. The van der Waals surface area contributed by atoms with E-state index in [4.69, 9.17) is 12.2 Å². The summed E-state index contributed by atoms with van der Waals surface area (Å²) in [6, 6.07) is 26.4. The minimum atomic E-state index is -0.533. The number of nitrogens with one attached hydrogen (secondary N) is 1. The highest BCUT2D eigenvalue weighted by Gasteiger charge is 2.34. The van der Waals surface area contributed by atoms with Gasteiger partial charge in [-0.1, -0.05) is 54.6 Å². The van der Waals surface area contributed by atoms with E-state index in [2.05, 4.69) is 11.4 Å². The molecule has 0 radical (unpaired) electrons. The number of carbonyl (C=O) groups excluding carboxylic acids is 2. The fourth-order valence-corrected chi connectivity index (χ4v) is 4.38. The Hall–Kier alpha value is -4.54. The van der Waals surface area contributed by atoms with Crippen molar-refractivity contribution in [2.75, 3.05) is 4.90 Å². The highest BCUT2D eigenvalue weighted by atomic mass is 32.1. The number of hydrogen-bond acceptors (Lipinski definition) is 4. The molecule has 0 atom stereocenters. The maximum atomic E-state index is 13.3. The SMILES string of the molecule is N#Cc1ccccc1Cn1cc(/C=C2\C(=O)NC(=S)N(c3ccccc3)C2=O)c2ccccc21. The summed E-state index contributed by atoms with van der Waals surface area (Å²) in [4.78, 5) is 27.4. The maximum absolute atomic E-state index is 13.3. The van der Waals surface area contributed by atoms with E-state index in [0.29, 0.717) is 17.8 Å². The monoisotopic (exact) mass is 462 g/mol. The molecule has 5 rings (SSSR count). The summed E-state index contributed by atoms with van der Waals surface area (Å²) >= 11 is 5.27. The number of anilines is 1. The van der Waals surface area contributed by atoms with Gasteiger partial charge in [0.15, 0.2) is 5.11 Å². The normalized spacial score (nSPS) is 15.0. The van der Waals surface area contributed by atoms with E-state index in [1.165, 1.54) is 4.90 Å². The second-order valence-corrected chi connectivity index (χ2v) is 8.18. The lowest BCUT2D eigenvalue weighted by atomic mass is 10.1. The molecule has 1 aliphatic heterocycles. The van der Waals surface area contributed by atoms with Crippen molar-refractivity contribution in [3.05, 3.63) is 107 Å². The van der Waals surface area contributed by atoms with Crippen LogP contribution < -0.4 is 10.2 Å². The fraction of sp³-hybridized carbons (Fsp3) is 0.0370. The summed E-state index contributed by atoms with van der Waals surface area (Å²) in [5.41, 5.74) is 3.73. The minimum absolute atomic E-state index is 0.00205. The van der Waals surface area contributed by atoms with Gasteiger partial charge in [-0.3, -0.25) is 19.8 Å². The smallest absolute Gasteiger partial charge is 0.270 e. The van der Waals surface area contributed by atoms with Gasteiger partial charge in [-0.2, -0.15) is 5.26 Å². The summed E-state index contributed by atoms with van der Waals surface area (Å²) in [7, 11) is 0. The molecule has 164 valence electrons. The van der Waals surface area contributed by atoms with E-state index in [1.54, 1.807) is 36.4 Å². The first-order chi connectivity index (χ1) is 16.6. The number of rotatable bonds is 4. The second kappa shape index (κ2) is 8.77. The van der Waals surface area contributed by atoms with E-state index in [9.17, 15) is 14.9 Å². The van der Waals surface area contributed by atoms with E-state index in [1.807, 2.05) is 59.3 Å². The summed E-state index contributed by atoms with van der Waals surface area (Å²) in [5.74, 6) is -1.01. The Morgan fingerprint density at radius 2 is 1.65 bits per heavy atom. The van der Waals surface area contributed by atoms with Crippen molar-refractivity contribution >= 4 is 51.8 Å². The number of benzene rings is 3. The first-order valence-corrected chi connectivity index (χ1v) is 11.0. The molecule has 0 bridgehead atoms. The van der Waals surface area contributed by atoms with Crippen molar-refractivity contribution in [1.29, 1.82) is 5.26 Å². The molecule has 1 aromatic heterocycles. The lowest BCUT2D eigenvalue weighted by molar-refractivity contribution is -0.122. The van der Waals surface area contributed by atoms with Crippen LogP contribution in [0.5, 0.6) is 0 Å². The summed E-state index contributed by atoms with van der Waals surface area (Å²) in [5, 5.41) is 13.0. The van der Waals surface area contributed by atoms with Crippen molar-refractivity contribution in [3.63, 3.8) is 0 Å². The van der Waals surface area contributed by atoms with Crippen molar-refractivity contribution in [1.82, 2.24) is 9.88 Å². The Morgan fingerprint density at radius 3 is 2.44 bits per heavy atom. The van der Waals surface area contributed by atoms with Gasteiger partial charge in [0.1, 0.15) is 5.57 Å². The van der Waals surface area contributed by atoms with E-state index in [-0.39, 0.29) is 10.7 Å². The van der Waals surface area contributed by atoms with Crippen molar-refractivity contribution in [2.24, 2.45) is 0 Å². The minimum Gasteiger partial charge on any atom is -0.342 e. The highest BCUT2D eigenvalue weighted by Crippen LogP contribution is 2.27. The predicted molar refractivity (Wildman–Crippen MR) is 135 cm³/mol. The molecule has 1 saturated heterocycles. The van der Waals surface area contributed by atoms with E-state index < -0.39 is 11.8 Å². The third kappa shape index (κ3) is 3.76. The molecule has 1 aliphatic rings. The summed E-state index contributed by atoms with van der Waals surface area (Å²) in [6.07, 6.45) is 3.50. The van der Waals surface area contributed by atoms with Gasteiger partial charge in [0.05, 0.1) is 17.3 Å². The lowest BCUT2D eigenvalue weighted by Gasteiger charge is -2.28. The highest BCUT2D eigenvalue weighted by molar-refractivity contribution is 7.80. The number of hydrogen-bond donors (Lipinski definition) is 1. The zero-order valence-corrected chi connectivity index (χ0v) is 18.8. The van der Waals surface area contributed by atoms with Crippen molar-refractivity contribution < 1.29 is 9.59 Å². The summed E-state index contributed by atoms with van der Waals surface area (Å²) < 4.78 is 2.02. The Balaban J connectivity index is 1.59. The van der Waals surface area contributed by atoms with Gasteiger partial charge in [-0.05, 0) is 48.1 Å². The van der Waals surface area contributed by atoms with Crippen molar-refractivity contribution in [2.45, 2.75) is 6.54 Å². The molecule has 6 nitrogen and oxygen atoms in total.